The Bertz CT molecular complexity index is 910. The smallest absolute Gasteiger partial charge is 0.243 e. The van der Waals surface area contributed by atoms with Crippen LogP contribution in [0.4, 0.5) is 0 Å². The Balaban J connectivity index is 1.18. The lowest BCUT2D eigenvalue weighted by Gasteiger charge is -2.34. The van der Waals surface area contributed by atoms with Crippen molar-refractivity contribution in [3.8, 4) is 0 Å². The summed E-state index contributed by atoms with van der Waals surface area (Å²) < 4.78 is 27.1. The molecule has 1 saturated carbocycles. The first kappa shape index (κ1) is 24.2. The number of amides is 2. The van der Waals surface area contributed by atoms with Gasteiger partial charge in [0.15, 0.2) is 0 Å². The van der Waals surface area contributed by atoms with Gasteiger partial charge in [-0.3, -0.25) is 14.5 Å². The van der Waals surface area contributed by atoms with Crippen LogP contribution in [0.1, 0.15) is 38.5 Å². The van der Waals surface area contributed by atoms with Gasteiger partial charge < -0.3 is 10.2 Å². The molecule has 182 valence electrons. The molecule has 0 aromatic heterocycles. The van der Waals surface area contributed by atoms with Crippen molar-refractivity contribution >= 4 is 21.8 Å². The van der Waals surface area contributed by atoms with Crippen molar-refractivity contribution in [2.75, 3.05) is 52.4 Å². The number of hydrogen-bond donors (Lipinski definition) is 1. The summed E-state index contributed by atoms with van der Waals surface area (Å²) in [5.74, 6) is 0.378. The fourth-order valence-electron chi connectivity index (χ4n) is 5.14. The molecule has 8 nitrogen and oxygen atoms in total. The Labute approximate surface area is 197 Å². The van der Waals surface area contributed by atoms with Gasteiger partial charge in [0, 0.05) is 58.8 Å². The molecule has 33 heavy (non-hydrogen) atoms. The Morgan fingerprint density at radius 1 is 0.970 bits per heavy atom. The van der Waals surface area contributed by atoms with Gasteiger partial charge >= 0.3 is 0 Å². The van der Waals surface area contributed by atoms with Crippen LogP contribution < -0.4 is 5.32 Å². The molecule has 2 aliphatic heterocycles. The first-order valence-electron chi connectivity index (χ1n) is 12.3. The molecule has 1 aromatic rings. The third-order valence-corrected chi connectivity index (χ3v) is 9.19. The summed E-state index contributed by atoms with van der Waals surface area (Å²) in [6.07, 6.45) is 6.48. The Kier molecular flexibility index (Phi) is 8.03. The number of nitrogens with one attached hydrogen (secondary N) is 1. The Morgan fingerprint density at radius 2 is 1.67 bits per heavy atom. The molecule has 1 atom stereocenters. The van der Waals surface area contributed by atoms with Crippen LogP contribution in [0.15, 0.2) is 35.2 Å². The minimum atomic E-state index is -3.46. The monoisotopic (exact) mass is 476 g/mol. The number of carbonyl (C=O) groups excluding carboxylic acids is 2. The topological polar surface area (TPSA) is 90.0 Å². The highest BCUT2D eigenvalue weighted by Crippen LogP contribution is 2.24. The van der Waals surface area contributed by atoms with Gasteiger partial charge in [-0.05, 0) is 30.9 Å². The predicted octanol–water partition coefficient (Wildman–Crippen LogP) is 1.54. The number of nitrogens with zero attached hydrogens (tertiary/aromatic N) is 3. The molecule has 4 rings (SSSR count). The molecule has 1 aliphatic carbocycles. The van der Waals surface area contributed by atoms with Crippen LogP contribution in [0.5, 0.6) is 0 Å². The van der Waals surface area contributed by atoms with Crippen LogP contribution in [-0.4, -0.2) is 86.7 Å². The molecular formula is C24H36N4O4S. The van der Waals surface area contributed by atoms with E-state index in [4.69, 9.17) is 0 Å². The fraction of sp³-hybridized carbons (Fsp3) is 0.667. The van der Waals surface area contributed by atoms with Crippen molar-refractivity contribution in [1.82, 2.24) is 19.4 Å². The summed E-state index contributed by atoms with van der Waals surface area (Å²) in [5.41, 5.74) is 0. The number of piperazine rings is 1. The normalized spacial score (nSPS) is 23.7. The van der Waals surface area contributed by atoms with E-state index in [0.29, 0.717) is 63.0 Å². The third kappa shape index (κ3) is 6.13. The second-order valence-electron chi connectivity index (χ2n) is 9.55. The van der Waals surface area contributed by atoms with Crippen molar-refractivity contribution in [3.05, 3.63) is 30.3 Å². The van der Waals surface area contributed by atoms with Gasteiger partial charge in [0.05, 0.1) is 10.8 Å². The quantitative estimate of drug-likeness (QED) is 0.615. The average Bonchev–Trinajstić information content (AvgIpc) is 3.23. The largest absolute Gasteiger partial charge is 0.356 e. The lowest BCUT2D eigenvalue weighted by molar-refractivity contribution is -0.129. The Hall–Kier alpha value is -1.97. The molecule has 1 N–H and O–H groups in total. The summed E-state index contributed by atoms with van der Waals surface area (Å²) in [6, 6.07) is 8.53. The van der Waals surface area contributed by atoms with Gasteiger partial charge in [0.2, 0.25) is 21.8 Å². The predicted molar refractivity (Wildman–Crippen MR) is 126 cm³/mol. The molecular weight excluding hydrogens is 440 g/mol. The number of carbonyl (C=O) groups is 2. The van der Waals surface area contributed by atoms with Crippen molar-refractivity contribution in [2.45, 2.75) is 43.4 Å². The summed E-state index contributed by atoms with van der Waals surface area (Å²) in [7, 11) is -3.46. The number of sulfonamides is 1. The highest BCUT2D eigenvalue weighted by molar-refractivity contribution is 7.89. The van der Waals surface area contributed by atoms with E-state index in [-0.39, 0.29) is 17.7 Å². The molecule has 9 heteroatoms. The second kappa shape index (κ2) is 11.0. The maximum Gasteiger partial charge on any atom is 0.243 e. The maximum atomic E-state index is 12.8. The first-order chi connectivity index (χ1) is 15.9. The van der Waals surface area contributed by atoms with E-state index in [1.54, 1.807) is 29.2 Å². The van der Waals surface area contributed by atoms with E-state index in [2.05, 4.69) is 10.2 Å². The van der Waals surface area contributed by atoms with Crippen molar-refractivity contribution in [3.63, 3.8) is 0 Å². The molecule has 2 amide bonds. The summed E-state index contributed by atoms with van der Waals surface area (Å²) in [5, 5.41) is 3.08. The van der Waals surface area contributed by atoms with E-state index >= 15 is 0 Å². The van der Waals surface area contributed by atoms with E-state index in [1.807, 2.05) is 6.07 Å². The highest BCUT2D eigenvalue weighted by Gasteiger charge is 2.35. The molecule has 0 bridgehead atoms. The van der Waals surface area contributed by atoms with Gasteiger partial charge in [-0.25, -0.2) is 8.42 Å². The van der Waals surface area contributed by atoms with Crippen molar-refractivity contribution < 1.29 is 18.0 Å². The van der Waals surface area contributed by atoms with Crippen molar-refractivity contribution in [1.29, 1.82) is 0 Å². The third-order valence-electron chi connectivity index (χ3n) is 7.27. The number of likely N-dealkylation sites (tertiary alicyclic amines) is 1. The zero-order valence-electron chi connectivity index (χ0n) is 19.3. The van der Waals surface area contributed by atoms with Gasteiger partial charge in [-0.15, -0.1) is 0 Å². The first-order valence-corrected chi connectivity index (χ1v) is 13.7. The maximum absolute atomic E-state index is 12.8. The number of benzene rings is 1. The molecule has 2 heterocycles. The van der Waals surface area contributed by atoms with Gasteiger partial charge in [0.25, 0.3) is 0 Å². The Morgan fingerprint density at radius 3 is 2.36 bits per heavy atom. The molecule has 3 fully saturated rings. The summed E-state index contributed by atoms with van der Waals surface area (Å²) >= 11 is 0. The molecule has 1 aromatic carbocycles. The fourth-order valence-corrected chi connectivity index (χ4v) is 6.58. The minimum absolute atomic E-state index is 0.0103. The number of rotatable bonds is 8. The SMILES string of the molecule is O=C(NCC1CCCCC1)[C@@H]1CC(=O)N(CCN2CCN(S(=O)(=O)c3ccccc3)CC2)C1. The number of hydrogen-bond acceptors (Lipinski definition) is 5. The van der Waals surface area contributed by atoms with E-state index in [0.717, 1.165) is 6.54 Å². The van der Waals surface area contributed by atoms with Crippen LogP contribution in [0.2, 0.25) is 0 Å². The summed E-state index contributed by atoms with van der Waals surface area (Å²) in [6.45, 7) is 4.66. The highest BCUT2D eigenvalue weighted by atomic mass is 32.2. The zero-order chi connectivity index (χ0) is 23.3. The lowest BCUT2D eigenvalue weighted by atomic mass is 9.89. The van der Waals surface area contributed by atoms with Crippen LogP contribution in [-0.2, 0) is 19.6 Å². The van der Waals surface area contributed by atoms with E-state index < -0.39 is 10.0 Å². The molecule has 0 radical (unpaired) electrons. The molecule has 2 saturated heterocycles. The summed E-state index contributed by atoms with van der Waals surface area (Å²) in [4.78, 5) is 29.3. The second-order valence-corrected chi connectivity index (χ2v) is 11.5. The average molecular weight is 477 g/mol. The van der Waals surface area contributed by atoms with E-state index in [9.17, 15) is 18.0 Å². The molecule has 3 aliphatic rings. The van der Waals surface area contributed by atoms with Gasteiger partial charge in [-0.1, -0.05) is 37.5 Å². The zero-order valence-corrected chi connectivity index (χ0v) is 20.1. The van der Waals surface area contributed by atoms with Crippen LogP contribution in [0.25, 0.3) is 0 Å². The van der Waals surface area contributed by atoms with Crippen LogP contribution >= 0.6 is 0 Å². The standard InChI is InChI=1S/C24H36N4O4S/c29-23-17-21(24(30)25-18-20-7-3-1-4-8-20)19-27(23)14-11-26-12-15-28(16-13-26)33(31,32)22-9-5-2-6-10-22/h2,5-6,9-10,20-21H,1,3-4,7-8,11-19H2,(H,25,30)/t21-/m1/s1. The van der Waals surface area contributed by atoms with Crippen molar-refractivity contribution in [2.24, 2.45) is 11.8 Å². The van der Waals surface area contributed by atoms with E-state index in [1.165, 1.54) is 36.4 Å². The molecule has 0 spiro atoms. The van der Waals surface area contributed by atoms with Crippen LogP contribution in [0, 0.1) is 11.8 Å². The molecule has 0 unspecified atom stereocenters. The van der Waals surface area contributed by atoms with Crippen LogP contribution in [0.3, 0.4) is 0 Å². The minimum Gasteiger partial charge on any atom is -0.356 e. The van der Waals surface area contributed by atoms with Gasteiger partial charge in [0.1, 0.15) is 0 Å². The van der Waals surface area contributed by atoms with Gasteiger partial charge in [-0.2, -0.15) is 4.31 Å². The lowest BCUT2D eigenvalue weighted by Crippen LogP contribution is -2.50.